The predicted molar refractivity (Wildman–Crippen MR) is 66.8 cm³/mol. The lowest BCUT2D eigenvalue weighted by atomic mass is 9.98. The summed E-state index contributed by atoms with van der Waals surface area (Å²) in [7, 11) is 0. The maximum absolute atomic E-state index is 11.3. The van der Waals surface area contributed by atoms with Crippen molar-refractivity contribution >= 4 is 27.5 Å². The zero-order valence-electron chi connectivity index (χ0n) is 8.87. The number of hydrogen-bond donors (Lipinski definition) is 2. The van der Waals surface area contributed by atoms with Crippen LogP contribution in [0.1, 0.15) is 30.1 Å². The number of rotatable bonds is 3. The van der Waals surface area contributed by atoms with Crippen LogP contribution in [0.4, 0.5) is 5.69 Å². The minimum Gasteiger partial charge on any atom is -0.388 e. The zero-order chi connectivity index (χ0) is 11.5. The Labute approximate surface area is 103 Å². The van der Waals surface area contributed by atoms with E-state index in [9.17, 15) is 9.90 Å². The minimum atomic E-state index is -0.469. The van der Waals surface area contributed by atoms with E-state index in [-0.39, 0.29) is 5.91 Å². The Balaban J connectivity index is 2.24. The van der Waals surface area contributed by atoms with E-state index < -0.39 is 6.10 Å². The number of amides is 1. The summed E-state index contributed by atoms with van der Waals surface area (Å²) in [4.78, 5) is 11.3. The second-order valence-electron chi connectivity index (χ2n) is 3.96. The molecule has 4 heteroatoms. The number of hydrogen-bond acceptors (Lipinski definition) is 2. The Kier molecular flexibility index (Phi) is 3.61. The van der Waals surface area contributed by atoms with Crippen LogP contribution in [0.5, 0.6) is 0 Å². The number of fused-ring (bicyclic) bond motifs is 1. The Hall–Kier alpha value is -0.870. The molecule has 3 nitrogen and oxygen atoms in total. The summed E-state index contributed by atoms with van der Waals surface area (Å²) in [6.45, 7) is 0. The van der Waals surface area contributed by atoms with Crippen LogP contribution in [-0.4, -0.2) is 16.3 Å². The molecule has 0 saturated heterocycles. The topological polar surface area (TPSA) is 49.3 Å². The van der Waals surface area contributed by atoms with Crippen LogP contribution in [0.25, 0.3) is 0 Å². The number of aliphatic hydroxyl groups excluding tert-OH is 1. The fourth-order valence-corrected chi connectivity index (χ4v) is 2.30. The van der Waals surface area contributed by atoms with E-state index in [1.165, 1.54) is 0 Å². The molecule has 2 N–H and O–H groups in total. The molecule has 0 bridgehead atoms. The first-order valence-electron chi connectivity index (χ1n) is 5.37. The van der Waals surface area contributed by atoms with Crippen LogP contribution in [-0.2, 0) is 11.2 Å². The van der Waals surface area contributed by atoms with Crippen LogP contribution >= 0.6 is 15.9 Å². The number of carbonyl (C=O) groups is 1. The highest BCUT2D eigenvalue weighted by molar-refractivity contribution is 9.09. The van der Waals surface area contributed by atoms with E-state index in [0.29, 0.717) is 12.8 Å². The van der Waals surface area contributed by atoms with Gasteiger partial charge in [-0.05, 0) is 30.0 Å². The summed E-state index contributed by atoms with van der Waals surface area (Å²) < 4.78 is 0. The predicted octanol–water partition coefficient (Wildman–Crippen LogP) is 2.39. The summed E-state index contributed by atoms with van der Waals surface area (Å²) in [6.07, 6.45) is 1.54. The summed E-state index contributed by atoms with van der Waals surface area (Å²) in [5.41, 5.74) is 2.86. The number of benzene rings is 1. The average Bonchev–Trinajstić information content (AvgIpc) is 2.28. The van der Waals surface area contributed by atoms with Gasteiger partial charge < -0.3 is 10.4 Å². The molecule has 0 radical (unpaired) electrons. The zero-order valence-corrected chi connectivity index (χ0v) is 10.5. The molecule has 0 aliphatic carbocycles. The van der Waals surface area contributed by atoms with Gasteiger partial charge in [-0.25, -0.2) is 0 Å². The van der Waals surface area contributed by atoms with Crippen molar-refractivity contribution in [2.75, 3.05) is 10.6 Å². The van der Waals surface area contributed by atoms with Crippen molar-refractivity contribution < 1.29 is 9.90 Å². The molecular weight excluding hydrogens is 270 g/mol. The van der Waals surface area contributed by atoms with E-state index in [1.807, 2.05) is 18.2 Å². The Morgan fingerprint density at radius 2 is 2.25 bits per heavy atom. The molecule has 1 atom stereocenters. The fourth-order valence-electron chi connectivity index (χ4n) is 1.87. The number of nitrogens with one attached hydrogen (secondary N) is 1. The largest absolute Gasteiger partial charge is 0.388 e. The summed E-state index contributed by atoms with van der Waals surface area (Å²) in [6, 6.07) is 5.80. The molecule has 0 saturated carbocycles. The molecule has 0 aromatic heterocycles. The van der Waals surface area contributed by atoms with Gasteiger partial charge in [0.05, 0.1) is 6.10 Å². The van der Waals surface area contributed by atoms with E-state index in [4.69, 9.17) is 0 Å². The first kappa shape index (κ1) is 11.6. The summed E-state index contributed by atoms with van der Waals surface area (Å²) >= 11 is 3.30. The molecule has 1 aromatic carbocycles. The normalized spacial score (nSPS) is 16.5. The molecule has 0 unspecified atom stereocenters. The van der Waals surface area contributed by atoms with Crippen LogP contribution in [0.3, 0.4) is 0 Å². The SMILES string of the molecule is O=C1CCc2ccc([C@H](O)CCBr)cc2N1. The van der Waals surface area contributed by atoms with Crippen molar-refractivity contribution in [2.24, 2.45) is 0 Å². The fraction of sp³-hybridized carbons (Fsp3) is 0.417. The van der Waals surface area contributed by atoms with Gasteiger partial charge in [0.15, 0.2) is 0 Å². The lowest BCUT2D eigenvalue weighted by molar-refractivity contribution is -0.116. The Morgan fingerprint density at radius 1 is 1.44 bits per heavy atom. The van der Waals surface area contributed by atoms with Crippen molar-refractivity contribution in [1.82, 2.24) is 0 Å². The number of alkyl halides is 1. The summed E-state index contributed by atoms with van der Waals surface area (Å²) in [5, 5.41) is 13.4. The van der Waals surface area contributed by atoms with Gasteiger partial charge in [-0.15, -0.1) is 0 Å². The molecule has 1 heterocycles. The lowest BCUT2D eigenvalue weighted by Crippen LogP contribution is -2.19. The van der Waals surface area contributed by atoms with E-state index in [0.717, 1.165) is 28.6 Å². The monoisotopic (exact) mass is 283 g/mol. The number of aliphatic hydroxyl groups is 1. The third-order valence-electron chi connectivity index (χ3n) is 2.80. The smallest absolute Gasteiger partial charge is 0.224 e. The van der Waals surface area contributed by atoms with E-state index in [1.54, 1.807) is 0 Å². The second-order valence-corrected chi connectivity index (χ2v) is 4.75. The average molecular weight is 284 g/mol. The summed E-state index contributed by atoms with van der Waals surface area (Å²) in [5.74, 6) is 0.0552. The highest BCUT2D eigenvalue weighted by Crippen LogP contribution is 2.27. The van der Waals surface area contributed by atoms with Crippen molar-refractivity contribution in [2.45, 2.75) is 25.4 Å². The van der Waals surface area contributed by atoms with Gasteiger partial charge in [0.1, 0.15) is 0 Å². The van der Waals surface area contributed by atoms with Gasteiger partial charge in [-0.3, -0.25) is 4.79 Å². The van der Waals surface area contributed by atoms with Gasteiger partial charge in [0, 0.05) is 17.4 Å². The van der Waals surface area contributed by atoms with Crippen molar-refractivity contribution in [3.8, 4) is 0 Å². The molecule has 86 valence electrons. The molecule has 0 spiro atoms. The third kappa shape index (κ3) is 2.44. The number of halogens is 1. The molecule has 1 aromatic rings. The Morgan fingerprint density at radius 3 is 3.00 bits per heavy atom. The number of aryl methyl sites for hydroxylation is 1. The molecule has 16 heavy (non-hydrogen) atoms. The first-order valence-corrected chi connectivity index (χ1v) is 6.49. The quantitative estimate of drug-likeness (QED) is 0.837. The lowest BCUT2D eigenvalue weighted by Gasteiger charge is -2.19. The Bertz CT molecular complexity index is 406. The molecule has 1 amide bonds. The number of anilines is 1. The molecule has 1 aliphatic rings. The maximum Gasteiger partial charge on any atom is 0.224 e. The molecule has 2 rings (SSSR count). The van der Waals surface area contributed by atoms with Gasteiger partial charge in [0.2, 0.25) is 5.91 Å². The standard InChI is InChI=1S/C12H14BrNO2/c13-6-5-11(15)9-2-1-8-3-4-12(16)14-10(8)7-9/h1-2,7,11,15H,3-6H2,(H,14,16)/t11-/m1/s1. The second kappa shape index (κ2) is 4.97. The minimum absolute atomic E-state index is 0.0552. The highest BCUT2D eigenvalue weighted by atomic mass is 79.9. The van der Waals surface area contributed by atoms with Crippen molar-refractivity contribution in [1.29, 1.82) is 0 Å². The first-order chi connectivity index (χ1) is 7.70. The molecule has 0 fully saturated rings. The van der Waals surface area contributed by atoms with Crippen molar-refractivity contribution in [3.63, 3.8) is 0 Å². The van der Waals surface area contributed by atoms with E-state index >= 15 is 0 Å². The third-order valence-corrected chi connectivity index (χ3v) is 3.25. The van der Waals surface area contributed by atoms with Gasteiger partial charge in [-0.1, -0.05) is 28.1 Å². The van der Waals surface area contributed by atoms with Crippen LogP contribution in [0.2, 0.25) is 0 Å². The number of carbonyl (C=O) groups excluding carboxylic acids is 1. The molecule has 1 aliphatic heterocycles. The van der Waals surface area contributed by atoms with Crippen LogP contribution in [0.15, 0.2) is 18.2 Å². The maximum atomic E-state index is 11.3. The van der Waals surface area contributed by atoms with E-state index in [2.05, 4.69) is 21.2 Å². The van der Waals surface area contributed by atoms with Gasteiger partial charge in [0.25, 0.3) is 0 Å². The van der Waals surface area contributed by atoms with Crippen LogP contribution < -0.4 is 5.32 Å². The van der Waals surface area contributed by atoms with Crippen LogP contribution in [0, 0.1) is 0 Å². The van der Waals surface area contributed by atoms with Gasteiger partial charge in [-0.2, -0.15) is 0 Å². The van der Waals surface area contributed by atoms with Gasteiger partial charge >= 0.3 is 0 Å². The van der Waals surface area contributed by atoms with Crippen molar-refractivity contribution in [3.05, 3.63) is 29.3 Å². The molecular formula is C12H14BrNO2. The highest BCUT2D eigenvalue weighted by Gasteiger charge is 2.16.